The average molecular weight is 384 g/mol. The molecular weight excluding hydrogens is 369 g/mol. The largest absolute Gasteiger partial charge is 0.496 e. The summed E-state index contributed by atoms with van der Waals surface area (Å²) in [6.45, 7) is 2.56. The Morgan fingerprint density at radius 1 is 1.42 bits per heavy atom. The van der Waals surface area contributed by atoms with Crippen LogP contribution in [0, 0.1) is 8.99 Å². The van der Waals surface area contributed by atoms with Gasteiger partial charge in [-0.2, -0.15) is 0 Å². The summed E-state index contributed by atoms with van der Waals surface area (Å²) in [6, 6.07) is 4.43. The number of hydrogen-bond acceptors (Lipinski definition) is 2. The van der Waals surface area contributed by atoms with Gasteiger partial charge in [0, 0.05) is 9.99 Å². The molecule has 0 aliphatic carbocycles. The lowest BCUT2D eigenvalue weighted by Gasteiger charge is -2.27. The van der Waals surface area contributed by atoms with Gasteiger partial charge in [-0.25, -0.2) is 8.78 Å². The van der Waals surface area contributed by atoms with Crippen molar-refractivity contribution >= 4 is 28.6 Å². The lowest BCUT2D eigenvalue weighted by Crippen LogP contribution is -2.31. The predicted molar refractivity (Wildman–Crippen MR) is 75.6 cm³/mol. The molecule has 0 atom stereocenters. The first-order valence-electron chi connectivity index (χ1n) is 5.55. The number of carbonyl (C=O) groups is 1. The highest BCUT2D eigenvalue weighted by Crippen LogP contribution is 2.43. The lowest BCUT2D eigenvalue weighted by molar-refractivity contribution is -0.153. The van der Waals surface area contributed by atoms with E-state index in [9.17, 15) is 13.6 Å². The third-order valence-corrected chi connectivity index (χ3v) is 3.47. The summed E-state index contributed by atoms with van der Waals surface area (Å²) in [4.78, 5) is 11.0. The number of carboxylic acid groups (broad SMARTS) is 1. The van der Waals surface area contributed by atoms with Crippen molar-refractivity contribution in [1.29, 1.82) is 0 Å². The second-order valence-corrected chi connectivity index (χ2v) is 6.16. The lowest BCUT2D eigenvalue weighted by atomic mass is 9.84. The van der Waals surface area contributed by atoms with Crippen molar-refractivity contribution < 1.29 is 23.4 Å². The molecule has 0 amide bonds. The van der Waals surface area contributed by atoms with Crippen molar-refractivity contribution in [3.63, 3.8) is 0 Å². The Balaban J connectivity index is 3.19. The molecule has 19 heavy (non-hydrogen) atoms. The third-order valence-electron chi connectivity index (χ3n) is 2.80. The van der Waals surface area contributed by atoms with E-state index in [1.165, 1.54) is 33.1 Å². The molecular formula is C13H15F2IO3. The van der Waals surface area contributed by atoms with Crippen molar-refractivity contribution in [2.75, 3.05) is 7.11 Å². The van der Waals surface area contributed by atoms with E-state index in [0.717, 1.165) is 0 Å². The molecule has 1 rings (SSSR count). The first kappa shape index (κ1) is 16.1. The number of aliphatic carboxylic acids is 1. The Bertz CT molecular complexity index is 487. The van der Waals surface area contributed by atoms with Crippen molar-refractivity contribution in [3.8, 4) is 5.75 Å². The highest BCUT2D eigenvalue weighted by molar-refractivity contribution is 14.1. The van der Waals surface area contributed by atoms with Gasteiger partial charge in [0.1, 0.15) is 5.75 Å². The Kier molecular flexibility index (Phi) is 4.76. The van der Waals surface area contributed by atoms with Crippen LogP contribution in [0.5, 0.6) is 5.75 Å². The van der Waals surface area contributed by atoms with E-state index in [2.05, 4.69) is 0 Å². The van der Waals surface area contributed by atoms with E-state index in [4.69, 9.17) is 9.84 Å². The summed E-state index contributed by atoms with van der Waals surface area (Å²) in [6.07, 6.45) is -0.786. The number of halogens is 3. The van der Waals surface area contributed by atoms with Crippen molar-refractivity contribution in [2.45, 2.75) is 26.2 Å². The number of rotatable bonds is 5. The molecule has 0 aromatic heterocycles. The van der Waals surface area contributed by atoms with Crippen LogP contribution in [-0.2, 0) is 10.7 Å². The molecule has 0 aliphatic heterocycles. The molecule has 1 N–H and O–H groups in total. The highest BCUT2D eigenvalue weighted by atomic mass is 127. The number of methoxy groups -OCH3 is 1. The monoisotopic (exact) mass is 384 g/mol. The normalized spacial score (nSPS) is 12.3. The van der Waals surface area contributed by atoms with Crippen LogP contribution in [0.1, 0.15) is 25.8 Å². The Morgan fingerprint density at radius 2 is 2.00 bits per heavy atom. The third kappa shape index (κ3) is 3.77. The van der Waals surface area contributed by atoms with E-state index in [1.54, 1.807) is 6.07 Å². The molecule has 0 unspecified atom stereocenters. The van der Waals surface area contributed by atoms with Crippen LogP contribution in [-0.4, -0.2) is 18.2 Å². The minimum atomic E-state index is -3.27. The second-order valence-electron chi connectivity index (χ2n) is 4.91. The molecule has 0 fully saturated rings. The molecule has 0 heterocycles. The van der Waals surface area contributed by atoms with Gasteiger partial charge in [-0.3, -0.25) is 4.79 Å². The van der Waals surface area contributed by atoms with Gasteiger partial charge < -0.3 is 9.84 Å². The number of alkyl halides is 2. The van der Waals surface area contributed by atoms with Crippen molar-refractivity contribution in [1.82, 2.24) is 0 Å². The summed E-state index contributed by atoms with van der Waals surface area (Å²) >= 11 is 1.92. The average Bonchev–Trinajstić information content (AvgIpc) is 2.27. The molecule has 1 aromatic rings. The maximum absolute atomic E-state index is 14.3. The Hall–Kier alpha value is -0.920. The van der Waals surface area contributed by atoms with Gasteiger partial charge in [0.15, 0.2) is 0 Å². The summed E-state index contributed by atoms with van der Waals surface area (Å²) in [5, 5.41) is 8.97. The maximum atomic E-state index is 14.3. The van der Waals surface area contributed by atoms with Crippen LogP contribution < -0.4 is 4.74 Å². The topological polar surface area (TPSA) is 46.5 Å². The zero-order chi connectivity index (χ0) is 14.8. The standard InChI is InChI=1S/C13H15F2IO3/c1-12(2,11(17)18)7-13(14,15)9-6-8(16)4-5-10(9)19-3/h4-6H,7H2,1-3H3,(H,17,18). The molecule has 0 bridgehead atoms. The summed E-state index contributed by atoms with van der Waals surface area (Å²) in [7, 11) is 1.31. The smallest absolute Gasteiger partial charge is 0.309 e. The molecule has 1 aromatic carbocycles. The van der Waals surface area contributed by atoms with Gasteiger partial charge in [0.25, 0.3) is 5.92 Å². The molecule has 0 saturated carbocycles. The number of benzene rings is 1. The Labute approximate surface area is 124 Å². The molecule has 0 spiro atoms. The van der Waals surface area contributed by atoms with Crippen LogP contribution in [0.3, 0.4) is 0 Å². The van der Waals surface area contributed by atoms with E-state index >= 15 is 0 Å². The van der Waals surface area contributed by atoms with Gasteiger partial charge in [-0.05, 0) is 54.6 Å². The number of ether oxygens (including phenoxy) is 1. The minimum Gasteiger partial charge on any atom is -0.496 e. The maximum Gasteiger partial charge on any atom is 0.309 e. The molecule has 0 radical (unpaired) electrons. The molecule has 3 nitrogen and oxygen atoms in total. The van der Waals surface area contributed by atoms with E-state index in [-0.39, 0.29) is 11.3 Å². The van der Waals surface area contributed by atoms with Gasteiger partial charge in [0.2, 0.25) is 0 Å². The van der Waals surface area contributed by atoms with Crippen LogP contribution in [0.25, 0.3) is 0 Å². The highest BCUT2D eigenvalue weighted by Gasteiger charge is 2.44. The van der Waals surface area contributed by atoms with Crippen LogP contribution >= 0.6 is 22.6 Å². The first-order valence-corrected chi connectivity index (χ1v) is 6.63. The van der Waals surface area contributed by atoms with Crippen LogP contribution in [0.15, 0.2) is 18.2 Å². The van der Waals surface area contributed by atoms with Gasteiger partial charge in [0.05, 0.1) is 18.1 Å². The summed E-state index contributed by atoms with van der Waals surface area (Å²) < 4.78 is 34.2. The van der Waals surface area contributed by atoms with E-state index < -0.39 is 23.7 Å². The van der Waals surface area contributed by atoms with E-state index in [1.807, 2.05) is 22.6 Å². The fraction of sp³-hybridized carbons (Fsp3) is 0.462. The van der Waals surface area contributed by atoms with Gasteiger partial charge in [-0.1, -0.05) is 0 Å². The minimum absolute atomic E-state index is 0.0617. The van der Waals surface area contributed by atoms with Gasteiger partial charge in [-0.15, -0.1) is 0 Å². The summed E-state index contributed by atoms with van der Waals surface area (Å²) in [5.74, 6) is -4.46. The molecule has 106 valence electrons. The fourth-order valence-corrected chi connectivity index (χ4v) is 2.18. The molecule has 0 saturated heterocycles. The number of carboxylic acids is 1. The van der Waals surface area contributed by atoms with Crippen LogP contribution in [0.4, 0.5) is 8.78 Å². The fourth-order valence-electron chi connectivity index (χ4n) is 1.69. The zero-order valence-electron chi connectivity index (χ0n) is 10.8. The zero-order valence-corrected chi connectivity index (χ0v) is 13.0. The SMILES string of the molecule is COc1ccc(I)cc1C(F)(F)CC(C)(C)C(=O)O. The quantitative estimate of drug-likeness (QED) is 0.784. The molecule has 0 aliphatic rings. The summed E-state index contributed by atoms with van der Waals surface area (Å²) in [5.41, 5.74) is -1.80. The predicted octanol–water partition coefficient (Wildman–Crippen LogP) is 3.89. The van der Waals surface area contributed by atoms with Crippen molar-refractivity contribution in [3.05, 3.63) is 27.3 Å². The second kappa shape index (κ2) is 5.60. The van der Waals surface area contributed by atoms with Crippen molar-refractivity contribution in [2.24, 2.45) is 5.41 Å². The van der Waals surface area contributed by atoms with E-state index in [0.29, 0.717) is 3.57 Å². The molecule has 6 heteroatoms. The van der Waals surface area contributed by atoms with Gasteiger partial charge >= 0.3 is 5.97 Å². The van der Waals surface area contributed by atoms with Crippen LogP contribution in [0.2, 0.25) is 0 Å². The Morgan fingerprint density at radius 3 is 2.47 bits per heavy atom. The first-order chi connectivity index (χ1) is 8.60. The number of hydrogen-bond donors (Lipinski definition) is 1.